The fourth-order valence-corrected chi connectivity index (χ4v) is 5.52. The van der Waals surface area contributed by atoms with E-state index >= 15 is 0 Å². The lowest BCUT2D eigenvalue weighted by Gasteiger charge is -2.40. The first-order valence-corrected chi connectivity index (χ1v) is 12.5. The van der Waals surface area contributed by atoms with E-state index in [9.17, 15) is 4.79 Å². The number of aromatic nitrogens is 2. The molecule has 0 N–H and O–H groups in total. The molecule has 1 aromatic carbocycles. The maximum absolute atomic E-state index is 13.2. The summed E-state index contributed by atoms with van der Waals surface area (Å²) >= 11 is 1.53. The quantitative estimate of drug-likeness (QED) is 0.492. The number of carbonyl (C=O) groups excluding carboxylic acids is 1. The van der Waals surface area contributed by atoms with E-state index in [1.54, 1.807) is 0 Å². The second kappa shape index (κ2) is 10.5. The van der Waals surface area contributed by atoms with Gasteiger partial charge in [0.25, 0.3) is 5.91 Å². The molecule has 0 saturated carbocycles. The molecule has 0 radical (unpaired) electrons. The van der Waals surface area contributed by atoms with Crippen molar-refractivity contribution in [1.82, 2.24) is 19.6 Å². The number of rotatable bonds is 8. The zero-order chi connectivity index (χ0) is 22.5. The van der Waals surface area contributed by atoms with Crippen LogP contribution in [0.2, 0.25) is 0 Å². The number of likely N-dealkylation sites (N-methyl/N-ethyl adjacent to an activating group) is 1. The highest BCUT2D eigenvalue weighted by atomic mass is 32.1. The third kappa shape index (κ3) is 5.30. The summed E-state index contributed by atoms with van der Waals surface area (Å²) in [7, 11) is 1.99. The van der Waals surface area contributed by atoms with Gasteiger partial charge in [-0.25, -0.2) is 0 Å². The topological polar surface area (TPSA) is 41.4 Å². The van der Waals surface area contributed by atoms with Crippen molar-refractivity contribution in [2.75, 3.05) is 20.1 Å². The predicted octanol–water partition coefficient (Wildman–Crippen LogP) is 4.87. The van der Waals surface area contributed by atoms with Crippen LogP contribution in [0.25, 0.3) is 0 Å². The lowest BCUT2D eigenvalue weighted by molar-refractivity contribution is 0.0589. The number of nitrogens with zero attached hydrogens (tertiary/aromatic N) is 4. The summed E-state index contributed by atoms with van der Waals surface area (Å²) in [5, 5.41) is 6.58. The predicted molar refractivity (Wildman–Crippen MR) is 131 cm³/mol. The molecule has 1 fully saturated rings. The van der Waals surface area contributed by atoms with Gasteiger partial charge in [0.15, 0.2) is 0 Å². The van der Waals surface area contributed by atoms with Crippen LogP contribution in [0, 0.1) is 12.8 Å². The van der Waals surface area contributed by atoms with Crippen molar-refractivity contribution in [2.45, 2.75) is 52.2 Å². The van der Waals surface area contributed by atoms with Crippen LogP contribution < -0.4 is 0 Å². The van der Waals surface area contributed by atoms with Gasteiger partial charge in [-0.1, -0.05) is 36.4 Å². The van der Waals surface area contributed by atoms with Crippen LogP contribution in [0.4, 0.5) is 0 Å². The maximum Gasteiger partial charge on any atom is 0.263 e. The Bertz CT molecular complexity index is 990. The normalized spacial score (nSPS) is 16.2. The van der Waals surface area contributed by atoms with E-state index in [2.05, 4.69) is 60.4 Å². The molecule has 0 bridgehead atoms. The monoisotopic (exact) mass is 450 g/mol. The van der Waals surface area contributed by atoms with Crippen molar-refractivity contribution in [3.8, 4) is 0 Å². The average Bonchev–Trinajstić information content (AvgIpc) is 3.48. The summed E-state index contributed by atoms with van der Waals surface area (Å²) in [5.41, 5.74) is 3.77. The van der Waals surface area contributed by atoms with Crippen LogP contribution in [0.5, 0.6) is 0 Å². The Labute approximate surface area is 195 Å². The van der Waals surface area contributed by atoms with Crippen LogP contribution in [-0.2, 0) is 19.5 Å². The Balaban J connectivity index is 1.44. The number of carbonyl (C=O) groups is 1. The molecule has 170 valence electrons. The summed E-state index contributed by atoms with van der Waals surface area (Å²) in [5.74, 6) is 0.644. The third-order valence-corrected chi connectivity index (χ3v) is 7.64. The van der Waals surface area contributed by atoms with E-state index in [0.29, 0.717) is 5.92 Å². The number of likely N-dealkylation sites (tertiary alicyclic amines) is 1. The van der Waals surface area contributed by atoms with Crippen molar-refractivity contribution in [3.05, 3.63) is 75.7 Å². The van der Waals surface area contributed by atoms with Crippen molar-refractivity contribution in [3.63, 3.8) is 0 Å². The highest BCUT2D eigenvalue weighted by Gasteiger charge is 2.32. The molecule has 1 aliphatic heterocycles. The maximum atomic E-state index is 13.2. The van der Waals surface area contributed by atoms with Gasteiger partial charge in [0.1, 0.15) is 0 Å². The van der Waals surface area contributed by atoms with Gasteiger partial charge < -0.3 is 4.90 Å². The van der Waals surface area contributed by atoms with Crippen LogP contribution in [-0.4, -0.2) is 51.7 Å². The summed E-state index contributed by atoms with van der Waals surface area (Å²) in [6.07, 6.45) is 5.32. The van der Waals surface area contributed by atoms with Crippen LogP contribution in [0.1, 0.15) is 46.3 Å². The number of thiophene rings is 1. The molecule has 1 saturated heterocycles. The minimum atomic E-state index is 0.144. The Morgan fingerprint density at radius 3 is 2.56 bits per heavy atom. The molecule has 1 aliphatic rings. The van der Waals surface area contributed by atoms with Crippen molar-refractivity contribution < 1.29 is 4.79 Å². The van der Waals surface area contributed by atoms with Crippen LogP contribution in [0.15, 0.2) is 54.0 Å². The van der Waals surface area contributed by atoms with E-state index in [4.69, 9.17) is 0 Å². The smallest absolute Gasteiger partial charge is 0.263 e. The molecule has 3 heterocycles. The van der Waals surface area contributed by atoms with Gasteiger partial charge >= 0.3 is 0 Å². The molecule has 6 heteroatoms. The fourth-order valence-electron chi connectivity index (χ4n) is 4.81. The number of piperidine rings is 1. The first-order valence-electron chi connectivity index (χ1n) is 11.6. The third-order valence-electron chi connectivity index (χ3n) is 6.78. The van der Waals surface area contributed by atoms with Gasteiger partial charge in [0.05, 0.1) is 10.6 Å². The van der Waals surface area contributed by atoms with Crippen LogP contribution in [0.3, 0.4) is 0 Å². The van der Waals surface area contributed by atoms with Crippen molar-refractivity contribution in [1.29, 1.82) is 0 Å². The highest BCUT2D eigenvalue weighted by molar-refractivity contribution is 7.12. The second-order valence-corrected chi connectivity index (χ2v) is 9.81. The molecular weight excluding hydrogens is 416 g/mol. The molecule has 4 rings (SSSR count). The van der Waals surface area contributed by atoms with Gasteiger partial charge in [0, 0.05) is 37.9 Å². The molecule has 2 aromatic heterocycles. The second-order valence-electron chi connectivity index (χ2n) is 8.86. The lowest BCUT2D eigenvalue weighted by atomic mass is 9.84. The van der Waals surface area contributed by atoms with Crippen molar-refractivity contribution >= 4 is 17.2 Å². The van der Waals surface area contributed by atoms with Crippen molar-refractivity contribution in [2.24, 2.45) is 5.92 Å². The van der Waals surface area contributed by atoms with E-state index in [0.717, 1.165) is 56.0 Å². The molecule has 1 atom stereocenters. The first kappa shape index (κ1) is 22.7. The lowest BCUT2D eigenvalue weighted by Crippen LogP contribution is -2.47. The Morgan fingerprint density at radius 2 is 1.94 bits per heavy atom. The number of hydrogen-bond donors (Lipinski definition) is 0. The standard InChI is InChI=1S/C26H34N4OS/c1-4-30-19-23(20(2)27-30)18-29-14-12-22(13-15-29)24(17-21-9-6-5-7-10-21)28(3)26(31)25-11-8-16-32-25/h5-11,16,19,22,24H,4,12-15,17-18H2,1-3H3/t24-/m0/s1. The summed E-state index contributed by atoms with van der Waals surface area (Å²) < 4.78 is 2.03. The van der Waals surface area contributed by atoms with Gasteiger partial charge in [-0.15, -0.1) is 11.3 Å². The largest absolute Gasteiger partial charge is 0.337 e. The van der Waals surface area contributed by atoms with Gasteiger partial charge in [-0.2, -0.15) is 5.10 Å². The summed E-state index contributed by atoms with van der Waals surface area (Å²) in [6, 6.07) is 14.7. The molecular formula is C26H34N4OS. The van der Waals surface area contributed by atoms with Gasteiger partial charge in [0.2, 0.25) is 0 Å². The molecule has 1 amide bonds. The van der Waals surface area contributed by atoms with Gasteiger partial charge in [-0.3, -0.25) is 14.4 Å². The molecule has 3 aromatic rings. The number of hydrogen-bond acceptors (Lipinski definition) is 4. The molecule has 5 nitrogen and oxygen atoms in total. The zero-order valence-corrected chi connectivity index (χ0v) is 20.2. The average molecular weight is 451 g/mol. The first-order chi connectivity index (χ1) is 15.5. The van der Waals surface area contributed by atoms with Gasteiger partial charge in [-0.05, 0) is 69.1 Å². The SMILES string of the molecule is CCn1cc(CN2CCC([C@H](Cc3ccccc3)N(C)C(=O)c3cccs3)CC2)c(C)n1. The summed E-state index contributed by atoms with van der Waals surface area (Å²) in [4.78, 5) is 18.5. The Hall–Kier alpha value is -2.44. The zero-order valence-electron chi connectivity index (χ0n) is 19.4. The fraction of sp³-hybridized carbons (Fsp3) is 0.462. The number of amides is 1. The van der Waals surface area contributed by atoms with E-state index < -0.39 is 0 Å². The molecule has 32 heavy (non-hydrogen) atoms. The highest BCUT2D eigenvalue weighted by Crippen LogP contribution is 2.29. The summed E-state index contributed by atoms with van der Waals surface area (Å²) in [6.45, 7) is 8.24. The minimum absolute atomic E-state index is 0.144. The number of aryl methyl sites for hydroxylation is 2. The molecule has 0 aliphatic carbocycles. The Kier molecular flexibility index (Phi) is 7.43. The van der Waals surface area contributed by atoms with E-state index in [1.807, 2.05) is 34.1 Å². The molecule has 0 unspecified atom stereocenters. The number of benzene rings is 1. The molecule has 0 spiro atoms. The Morgan fingerprint density at radius 1 is 1.19 bits per heavy atom. The minimum Gasteiger partial charge on any atom is -0.337 e. The van der Waals surface area contributed by atoms with Crippen LogP contribution >= 0.6 is 11.3 Å². The van der Waals surface area contributed by atoms with E-state index in [-0.39, 0.29) is 11.9 Å². The van der Waals surface area contributed by atoms with E-state index in [1.165, 1.54) is 22.5 Å².